The summed E-state index contributed by atoms with van der Waals surface area (Å²) in [5, 5.41) is 3.86. The fourth-order valence-corrected chi connectivity index (χ4v) is 3.46. The maximum absolute atomic E-state index is 6.17. The minimum absolute atomic E-state index is 0.0174. The highest BCUT2D eigenvalue weighted by atomic mass is 35.5. The zero-order valence-electron chi connectivity index (χ0n) is 10.7. The fraction of sp³-hybridized carbons (Fsp3) is 0.133. The van der Waals surface area contributed by atoms with Crippen LogP contribution in [-0.4, -0.2) is 4.98 Å². The van der Waals surface area contributed by atoms with Crippen molar-refractivity contribution in [3.8, 4) is 0 Å². The molecule has 0 aliphatic heterocycles. The normalized spacial score (nSPS) is 12.7. The van der Waals surface area contributed by atoms with E-state index in [4.69, 9.17) is 17.4 Å². The molecule has 0 saturated heterocycles. The lowest BCUT2D eigenvalue weighted by molar-refractivity contribution is 0.555. The summed E-state index contributed by atoms with van der Waals surface area (Å²) >= 11 is 7.77. The summed E-state index contributed by atoms with van der Waals surface area (Å²) in [5.74, 6) is 5.66. The standard InChI is InChI=1S/C15H14ClN3S/c16-12-7-8-20-15(12)14(19-17)9-11-6-5-10-3-1-2-4-13(10)18-11/h1-8,14,19H,9,17H2. The minimum Gasteiger partial charge on any atom is -0.271 e. The van der Waals surface area contributed by atoms with Crippen LogP contribution >= 0.6 is 22.9 Å². The van der Waals surface area contributed by atoms with Gasteiger partial charge in [-0.25, -0.2) is 0 Å². The van der Waals surface area contributed by atoms with Crippen molar-refractivity contribution in [2.24, 2.45) is 5.84 Å². The Labute approximate surface area is 126 Å². The van der Waals surface area contributed by atoms with E-state index >= 15 is 0 Å². The molecule has 20 heavy (non-hydrogen) atoms. The summed E-state index contributed by atoms with van der Waals surface area (Å²) in [4.78, 5) is 5.71. The molecule has 3 rings (SSSR count). The molecule has 3 aromatic rings. The number of aromatic nitrogens is 1. The number of rotatable bonds is 4. The zero-order chi connectivity index (χ0) is 13.9. The highest BCUT2D eigenvalue weighted by Gasteiger charge is 2.16. The first-order chi connectivity index (χ1) is 9.78. The van der Waals surface area contributed by atoms with Crippen molar-refractivity contribution >= 4 is 33.8 Å². The summed E-state index contributed by atoms with van der Waals surface area (Å²) in [6.45, 7) is 0. The predicted molar refractivity (Wildman–Crippen MR) is 84.8 cm³/mol. The Kier molecular flexibility index (Phi) is 3.98. The summed E-state index contributed by atoms with van der Waals surface area (Å²) in [7, 11) is 0. The molecule has 2 heterocycles. The van der Waals surface area contributed by atoms with Crippen molar-refractivity contribution in [3.05, 3.63) is 63.4 Å². The van der Waals surface area contributed by atoms with Gasteiger partial charge in [0.15, 0.2) is 0 Å². The summed E-state index contributed by atoms with van der Waals surface area (Å²) in [6.07, 6.45) is 0.710. The van der Waals surface area contributed by atoms with Gasteiger partial charge in [-0.15, -0.1) is 11.3 Å². The van der Waals surface area contributed by atoms with Crippen LogP contribution in [0.4, 0.5) is 0 Å². The van der Waals surface area contributed by atoms with E-state index in [1.54, 1.807) is 11.3 Å². The Balaban J connectivity index is 1.89. The van der Waals surface area contributed by atoms with Crippen LogP contribution in [0.1, 0.15) is 16.6 Å². The molecule has 1 atom stereocenters. The number of pyridine rings is 1. The third-order valence-corrected chi connectivity index (χ3v) is 4.70. The van der Waals surface area contributed by atoms with E-state index in [1.165, 1.54) is 0 Å². The number of hydrogen-bond acceptors (Lipinski definition) is 4. The van der Waals surface area contributed by atoms with Crippen molar-refractivity contribution in [1.29, 1.82) is 0 Å². The van der Waals surface area contributed by atoms with Crippen LogP contribution in [0.2, 0.25) is 5.02 Å². The molecule has 0 spiro atoms. The molecule has 102 valence electrons. The van der Waals surface area contributed by atoms with Gasteiger partial charge >= 0.3 is 0 Å². The van der Waals surface area contributed by atoms with Gasteiger partial charge in [0.05, 0.1) is 16.6 Å². The predicted octanol–water partition coefficient (Wildman–Crippen LogP) is 3.70. The lowest BCUT2D eigenvalue weighted by Gasteiger charge is -2.14. The van der Waals surface area contributed by atoms with Gasteiger partial charge < -0.3 is 0 Å². The largest absolute Gasteiger partial charge is 0.271 e. The topological polar surface area (TPSA) is 50.9 Å². The highest BCUT2D eigenvalue weighted by Crippen LogP contribution is 2.30. The van der Waals surface area contributed by atoms with E-state index < -0.39 is 0 Å². The van der Waals surface area contributed by atoms with Gasteiger partial charge in [0.1, 0.15) is 0 Å². The number of hydrogen-bond donors (Lipinski definition) is 2. The second kappa shape index (κ2) is 5.89. The maximum atomic E-state index is 6.17. The lowest BCUT2D eigenvalue weighted by Crippen LogP contribution is -2.29. The number of para-hydroxylation sites is 1. The van der Waals surface area contributed by atoms with E-state index in [-0.39, 0.29) is 6.04 Å². The molecule has 3 N–H and O–H groups in total. The number of nitrogens with one attached hydrogen (secondary N) is 1. The maximum Gasteiger partial charge on any atom is 0.0705 e. The minimum atomic E-state index is -0.0174. The van der Waals surface area contributed by atoms with Crippen LogP contribution in [0, 0.1) is 0 Å². The molecular weight excluding hydrogens is 290 g/mol. The SMILES string of the molecule is NNC(Cc1ccc2ccccc2n1)c1sccc1Cl. The molecule has 3 nitrogen and oxygen atoms in total. The number of nitrogens with two attached hydrogens (primary N) is 1. The number of halogens is 1. The van der Waals surface area contributed by atoms with Gasteiger partial charge in [-0.2, -0.15) is 0 Å². The molecule has 0 aliphatic carbocycles. The van der Waals surface area contributed by atoms with Crippen LogP contribution in [0.5, 0.6) is 0 Å². The van der Waals surface area contributed by atoms with Crippen molar-refractivity contribution < 1.29 is 0 Å². The number of hydrazine groups is 1. The van der Waals surface area contributed by atoms with Gasteiger partial charge in [0.25, 0.3) is 0 Å². The molecule has 0 fully saturated rings. The van der Waals surface area contributed by atoms with Crippen LogP contribution in [0.15, 0.2) is 47.8 Å². The molecule has 0 amide bonds. The van der Waals surface area contributed by atoms with Gasteiger partial charge in [-0.3, -0.25) is 16.3 Å². The molecule has 0 bridgehead atoms. The third kappa shape index (κ3) is 2.69. The number of benzene rings is 1. The van der Waals surface area contributed by atoms with Gasteiger partial charge in [0.2, 0.25) is 0 Å². The molecule has 0 saturated carbocycles. The first kappa shape index (κ1) is 13.5. The zero-order valence-corrected chi connectivity index (χ0v) is 12.3. The van der Waals surface area contributed by atoms with Crippen LogP contribution < -0.4 is 11.3 Å². The van der Waals surface area contributed by atoms with Gasteiger partial charge in [0, 0.05) is 22.4 Å². The number of fused-ring (bicyclic) bond motifs is 1. The van der Waals surface area contributed by atoms with Crippen molar-refractivity contribution in [3.63, 3.8) is 0 Å². The molecular formula is C15H14ClN3S. The van der Waals surface area contributed by atoms with Crippen molar-refractivity contribution in [2.45, 2.75) is 12.5 Å². The van der Waals surface area contributed by atoms with Crippen LogP contribution in [0.3, 0.4) is 0 Å². The van der Waals surface area contributed by atoms with Crippen LogP contribution in [0.25, 0.3) is 10.9 Å². The van der Waals surface area contributed by atoms with Crippen LogP contribution in [-0.2, 0) is 6.42 Å². The second-order valence-electron chi connectivity index (χ2n) is 4.55. The van der Waals surface area contributed by atoms with Gasteiger partial charge in [-0.1, -0.05) is 35.9 Å². The van der Waals surface area contributed by atoms with Crippen molar-refractivity contribution in [2.75, 3.05) is 0 Å². The molecule has 0 aliphatic rings. The monoisotopic (exact) mass is 303 g/mol. The van der Waals surface area contributed by atoms with E-state index in [2.05, 4.69) is 22.5 Å². The fourth-order valence-electron chi connectivity index (χ4n) is 2.21. The Bertz CT molecular complexity index is 726. The summed E-state index contributed by atoms with van der Waals surface area (Å²) in [5.41, 5.74) is 4.82. The van der Waals surface area contributed by atoms with Gasteiger partial charge in [-0.05, 0) is 23.6 Å². The highest BCUT2D eigenvalue weighted by molar-refractivity contribution is 7.10. The van der Waals surface area contributed by atoms with E-state index in [9.17, 15) is 0 Å². The smallest absolute Gasteiger partial charge is 0.0705 e. The average molecular weight is 304 g/mol. The number of thiophene rings is 1. The molecule has 5 heteroatoms. The lowest BCUT2D eigenvalue weighted by atomic mass is 10.1. The second-order valence-corrected chi connectivity index (χ2v) is 5.91. The Hall–Kier alpha value is -1.46. The Morgan fingerprint density at radius 2 is 2.05 bits per heavy atom. The van der Waals surface area contributed by atoms with Crippen molar-refractivity contribution in [1.82, 2.24) is 10.4 Å². The first-order valence-corrected chi connectivity index (χ1v) is 7.57. The molecule has 2 aromatic heterocycles. The van der Waals surface area contributed by atoms with E-state index in [1.807, 2.05) is 35.7 Å². The quantitative estimate of drug-likeness (QED) is 0.571. The van der Waals surface area contributed by atoms with E-state index in [0.717, 1.165) is 26.5 Å². The molecule has 1 unspecified atom stereocenters. The average Bonchev–Trinajstić information content (AvgIpc) is 2.91. The number of nitrogens with zero attached hydrogens (tertiary/aromatic N) is 1. The van der Waals surface area contributed by atoms with E-state index in [0.29, 0.717) is 6.42 Å². The summed E-state index contributed by atoms with van der Waals surface area (Å²) in [6, 6.07) is 14.1. The first-order valence-electron chi connectivity index (χ1n) is 6.31. The third-order valence-electron chi connectivity index (χ3n) is 3.23. The summed E-state index contributed by atoms with van der Waals surface area (Å²) < 4.78 is 0. The Morgan fingerprint density at radius 1 is 1.20 bits per heavy atom. The Morgan fingerprint density at radius 3 is 2.80 bits per heavy atom. The molecule has 1 aromatic carbocycles. The molecule has 0 radical (unpaired) electrons.